The van der Waals surface area contributed by atoms with Gasteiger partial charge in [0.05, 0.1) is 5.56 Å². The number of phenolic OH excluding ortho intramolecular Hbond substituents is 1. The van der Waals surface area contributed by atoms with Gasteiger partial charge in [-0.15, -0.1) is 0 Å². The predicted octanol–water partition coefficient (Wildman–Crippen LogP) is 2.14. The zero-order valence-corrected chi connectivity index (χ0v) is 11.9. The van der Waals surface area contributed by atoms with Crippen molar-refractivity contribution >= 4 is 17.6 Å². The van der Waals surface area contributed by atoms with Crippen LogP contribution in [0.25, 0.3) is 0 Å². The maximum absolute atomic E-state index is 12.2. The maximum Gasteiger partial charge on any atom is 0.338 e. The molecule has 0 radical (unpaired) electrons. The lowest BCUT2D eigenvalue weighted by Gasteiger charge is -2.17. The van der Waals surface area contributed by atoms with Crippen molar-refractivity contribution in [2.45, 2.75) is 6.42 Å². The molecule has 0 bridgehead atoms. The Kier molecular flexibility index (Phi) is 3.78. The first-order valence-corrected chi connectivity index (χ1v) is 6.99. The second-order valence-corrected chi connectivity index (χ2v) is 5.05. The number of hydrogen-bond donors (Lipinski definition) is 1. The average molecular weight is 297 g/mol. The second kappa shape index (κ2) is 5.89. The molecule has 0 spiro atoms. The molecule has 0 saturated heterocycles. The number of rotatable bonds is 3. The minimum atomic E-state index is -0.583. The van der Waals surface area contributed by atoms with Gasteiger partial charge in [0, 0.05) is 12.2 Å². The van der Waals surface area contributed by atoms with Crippen LogP contribution in [0.2, 0.25) is 0 Å². The molecule has 1 N–H and O–H groups in total. The van der Waals surface area contributed by atoms with Crippen molar-refractivity contribution in [3.63, 3.8) is 0 Å². The van der Waals surface area contributed by atoms with Gasteiger partial charge in [0.1, 0.15) is 5.75 Å². The summed E-state index contributed by atoms with van der Waals surface area (Å²) in [6, 6.07) is 13.4. The lowest BCUT2D eigenvalue weighted by Crippen LogP contribution is -2.33. The molecular weight excluding hydrogens is 282 g/mol. The fourth-order valence-corrected chi connectivity index (χ4v) is 2.48. The van der Waals surface area contributed by atoms with Crippen molar-refractivity contribution in [1.29, 1.82) is 0 Å². The highest BCUT2D eigenvalue weighted by Gasteiger charge is 2.24. The Morgan fingerprint density at radius 3 is 2.59 bits per heavy atom. The molecule has 0 aliphatic carbocycles. The van der Waals surface area contributed by atoms with Crippen LogP contribution in [0.15, 0.2) is 48.5 Å². The summed E-state index contributed by atoms with van der Waals surface area (Å²) in [5, 5.41) is 9.18. The molecule has 22 heavy (non-hydrogen) atoms. The Balaban J connectivity index is 1.61. The number of carbonyl (C=O) groups excluding carboxylic acids is 2. The fraction of sp³-hybridized carbons (Fsp3) is 0.176. The number of benzene rings is 2. The molecule has 1 aliphatic heterocycles. The Bertz CT molecular complexity index is 709. The molecule has 2 aromatic rings. The molecule has 0 atom stereocenters. The number of aromatic hydroxyl groups is 1. The Hall–Kier alpha value is -2.82. The minimum absolute atomic E-state index is 0.0706. The molecule has 2 aromatic carbocycles. The molecule has 0 saturated carbocycles. The van der Waals surface area contributed by atoms with Gasteiger partial charge >= 0.3 is 5.97 Å². The topological polar surface area (TPSA) is 66.8 Å². The van der Waals surface area contributed by atoms with Crippen LogP contribution in [0.1, 0.15) is 15.9 Å². The largest absolute Gasteiger partial charge is 0.508 e. The molecule has 3 rings (SSSR count). The van der Waals surface area contributed by atoms with E-state index in [-0.39, 0.29) is 18.3 Å². The molecule has 0 unspecified atom stereocenters. The highest BCUT2D eigenvalue weighted by atomic mass is 16.5. The summed E-state index contributed by atoms with van der Waals surface area (Å²) in [4.78, 5) is 25.7. The number of esters is 1. The van der Waals surface area contributed by atoms with E-state index in [4.69, 9.17) is 4.74 Å². The highest BCUT2D eigenvalue weighted by Crippen LogP contribution is 2.27. The Labute approximate surface area is 127 Å². The molecule has 5 heteroatoms. The predicted molar refractivity (Wildman–Crippen MR) is 80.9 cm³/mol. The van der Waals surface area contributed by atoms with Gasteiger partial charge in [-0.1, -0.05) is 18.2 Å². The van der Waals surface area contributed by atoms with E-state index in [1.54, 1.807) is 4.90 Å². The number of carbonyl (C=O) groups is 2. The first kappa shape index (κ1) is 14.1. The highest BCUT2D eigenvalue weighted by molar-refractivity contribution is 5.98. The van der Waals surface area contributed by atoms with E-state index in [1.165, 1.54) is 24.3 Å². The monoisotopic (exact) mass is 297 g/mol. The number of anilines is 1. The van der Waals surface area contributed by atoms with E-state index in [9.17, 15) is 14.7 Å². The number of para-hydroxylation sites is 1. The number of ether oxygens (including phenoxy) is 1. The number of phenols is 1. The smallest absolute Gasteiger partial charge is 0.338 e. The molecule has 1 amide bonds. The van der Waals surface area contributed by atoms with Gasteiger partial charge < -0.3 is 14.7 Å². The number of hydrogen-bond acceptors (Lipinski definition) is 4. The zero-order chi connectivity index (χ0) is 15.5. The third-order valence-corrected chi connectivity index (χ3v) is 3.62. The summed E-state index contributed by atoms with van der Waals surface area (Å²) in [5.41, 5.74) is 2.31. The van der Waals surface area contributed by atoms with E-state index in [0.29, 0.717) is 12.1 Å². The van der Waals surface area contributed by atoms with Crippen LogP contribution in [0.5, 0.6) is 5.75 Å². The van der Waals surface area contributed by atoms with Crippen molar-refractivity contribution in [3.05, 3.63) is 59.7 Å². The molecule has 0 aromatic heterocycles. The summed E-state index contributed by atoms with van der Waals surface area (Å²) in [6.45, 7) is 0.309. The van der Waals surface area contributed by atoms with E-state index in [1.807, 2.05) is 24.3 Å². The molecule has 1 aliphatic rings. The van der Waals surface area contributed by atoms with E-state index in [2.05, 4.69) is 0 Å². The quantitative estimate of drug-likeness (QED) is 0.881. The number of nitrogens with zero attached hydrogens (tertiary/aromatic N) is 1. The van der Waals surface area contributed by atoms with Crippen molar-refractivity contribution < 1.29 is 19.4 Å². The molecule has 0 fully saturated rings. The standard InChI is InChI=1S/C17H15NO4/c19-14-7-5-13(6-8-14)17(21)22-11-16(20)18-10-9-12-3-1-2-4-15(12)18/h1-8,19H,9-11H2. The average Bonchev–Trinajstić information content (AvgIpc) is 2.97. The van der Waals surface area contributed by atoms with Crippen molar-refractivity contribution in [1.82, 2.24) is 0 Å². The van der Waals surface area contributed by atoms with Crippen molar-refractivity contribution in [2.24, 2.45) is 0 Å². The summed E-state index contributed by atoms with van der Waals surface area (Å²) in [6.07, 6.45) is 0.813. The zero-order valence-electron chi connectivity index (χ0n) is 11.9. The number of fused-ring (bicyclic) bond motifs is 1. The second-order valence-electron chi connectivity index (χ2n) is 5.05. The van der Waals surface area contributed by atoms with E-state index in [0.717, 1.165) is 17.7 Å². The van der Waals surface area contributed by atoms with Crippen LogP contribution < -0.4 is 4.90 Å². The summed E-state index contributed by atoms with van der Waals surface area (Å²) in [5.74, 6) is -0.751. The normalized spacial score (nSPS) is 12.8. The summed E-state index contributed by atoms with van der Waals surface area (Å²) >= 11 is 0. The van der Waals surface area contributed by atoms with Crippen LogP contribution in [0, 0.1) is 0 Å². The minimum Gasteiger partial charge on any atom is -0.508 e. The SMILES string of the molecule is O=C(OCC(=O)N1CCc2ccccc21)c1ccc(O)cc1. The lowest BCUT2D eigenvalue weighted by atomic mass is 10.2. The summed E-state index contributed by atoms with van der Waals surface area (Å²) in [7, 11) is 0. The van der Waals surface area contributed by atoms with Crippen molar-refractivity contribution in [3.8, 4) is 5.75 Å². The van der Waals surface area contributed by atoms with Gasteiger partial charge in [0.15, 0.2) is 6.61 Å². The first-order valence-electron chi connectivity index (χ1n) is 6.99. The van der Waals surface area contributed by atoms with Crippen molar-refractivity contribution in [2.75, 3.05) is 18.1 Å². The van der Waals surface area contributed by atoms with Gasteiger partial charge in [-0.2, -0.15) is 0 Å². The molecule has 112 valence electrons. The maximum atomic E-state index is 12.2. The first-order chi connectivity index (χ1) is 10.6. The van der Waals surface area contributed by atoms with Crippen LogP contribution >= 0.6 is 0 Å². The third-order valence-electron chi connectivity index (χ3n) is 3.62. The van der Waals surface area contributed by atoms with Crippen LogP contribution in [0.4, 0.5) is 5.69 Å². The van der Waals surface area contributed by atoms with Gasteiger partial charge in [0.2, 0.25) is 0 Å². The summed E-state index contributed by atoms with van der Waals surface area (Å²) < 4.78 is 5.05. The van der Waals surface area contributed by atoms with Gasteiger partial charge in [-0.25, -0.2) is 4.79 Å². The van der Waals surface area contributed by atoms with E-state index < -0.39 is 5.97 Å². The Morgan fingerprint density at radius 1 is 1.09 bits per heavy atom. The lowest BCUT2D eigenvalue weighted by molar-refractivity contribution is -0.121. The van der Waals surface area contributed by atoms with Gasteiger partial charge in [-0.05, 0) is 42.3 Å². The van der Waals surface area contributed by atoms with Gasteiger partial charge in [-0.3, -0.25) is 4.79 Å². The molecule has 1 heterocycles. The van der Waals surface area contributed by atoms with Crippen LogP contribution in [-0.4, -0.2) is 30.1 Å². The number of amides is 1. The van der Waals surface area contributed by atoms with Gasteiger partial charge in [0.25, 0.3) is 5.91 Å². The molecular formula is C17H15NO4. The third kappa shape index (κ3) is 2.79. The Morgan fingerprint density at radius 2 is 1.82 bits per heavy atom. The van der Waals surface area contributed by atoms with Crippen LogP contribution in [0.3, 0.4) is 0 Å². The van der Waals surface area contributed by atoms with Crippen LogP contribution in [-0.2, 0) is 16.0 Å². The fourth-order valence-electron chi connectivity index (χ4n) is 2.48. The molecule has 5 nitrogen and oxygen atoms in total. The van der Waals surface area contributed by atoms with E-state index >= 15 is 0 Å².